The number of hydrogen-bond acceptors (Lipinski definition) is 5. The maximum atomic E-state index is 14.0. The summed E-state index contributed by atoms with van der Waals surface area (Å²) >= 11 is 0. The van der Waals surface area contributed by atoms with Crippen LogP contribution in [0.2, 0.25) is 0 Å². The van der Waals surface area contributed by atoms with Crippen molar-refractivity contribution in [2.24, 2.45) is 0 Å². The van der Waals surface area contributed by atoms with Gasteiger partial charge < -0.3 is 14.7 Å². The van der Waals surface area contributed by atoms with Crippen molar-refractivity contribution in [1.82, 2.24) is 0 Å². The highest BCUT2D eigenvalue weighted by Crippen LogP contribution is 2.43. The van der Waals surface area contributed by atoms with Crippen LogP contribution < -0.4 is 14.5 Å². The number of halogens is 2. The first-order chi connectivity index (χ1) is 16.3. The minimum Gasteiger partial charge on any atom is -0.507 e. The first-order valence-corrected chi connectivity index (χ1v) is 10.7. The molecular formula is C26H20F2N2O4. The van der Waals surface area contributed by atoms with E-state index >= 15 is 0 Å². The number of rotatable bonds is 3. The number of anilines is 2. The van der Waals surface area contributed by atoms with Crippen LogP contribution in [0, 0.1) is 11.6 Å². The monoisotopic (exact) mass is 462 g/mol. The van der Waals surface area contributed by atoms with Crippen LogP contribution in [0.15, 0.2) is 72.3 Å². The number of ether oxygens (including phenoxy) is 1. The lowest BCUT2D eigenvalue weighted by atomic mass is 9.94. The fourth-order valence-corrected chi connectivity index (χ4v) is 4.34. The second kappa shape index (κ2) is 8.30. The molecule has 0 aliphatic carbocycles. The molecule has 0 spiro atoms. The van der Waals surface area contributed by atoms with Gasteiger partial charge in [-0.25, -0.2) is 8.78 Å². The lowest BCUT2D eigenvalue weighted by molar-refractivity contribution is -0.132. The van der Waals surface area contributed by atoms with Gasteiger partial charge in [0.1, 0.15) is 29.8 Å². The van der Waals surface area contributed by atoms with Gasteiger partial charge in [-0.15, -0.1) is 0 Å². The van der Waals surface area contributed by atoms with Crippen LogP contribution in [0.4, 0.5) is 20.2 Å². The number of Topliss-reactive ketones (excluding diaryl/α,β-unsaturated/α-hetero) is 1. The standard InChI is InChI=1S/C26H20F2N2O4/c1-29-11-12-34-21-10-7-16(13-20(21)29)24(31)22-23(15-5-8-17(27)9-6-15)30(26(33)25(22)32)19-4-2-3-18(28)14-19/h2-10,13-14,23,31H,11-12H2,1H3/b24-22-. The maximum absolute atomic E-state index is 14.0. The highest BCUT2D eigenvalue weighted by atomic mass is 19.1. The Labute approximate surface area is 194 Å². The highest BCUT2D eigenvalue weighted by molar-refractivity contribution is 6.51. The summed E-state index contributed by atoms with van der Waals surface area (Å²) < 4.78 is 33.3. The smallest absolute Gasteiger partial charge is 0.300 e. The molecule has 8 heteroatoms. The molecule has 3 aromatic rings. The number of likely N-dealkylation sites (N-methyl/N-ethyl adjacent to an activating group) is 1. The number of hydrogen-bond donors (Lipinski definition) is 1. The predicted molar refractivity (Wildman–Crippen MR) is 123 cm³/mol. The zero-order valence-corrected chi connectivity index (χ0v) is 18.2. The first-order valence-electron chi connectivity index (χ1n) is 10.7. The molecule has 1 atom stereocenters. The Morgan fingerprint density at radius 1 is 1.00 bits per heavy atom. The van der Waals surface area contributed by atoms with Crippen molar-refractivity contribution in [2.75, 3.05) is 30.0 Å². The third-order valence-electron chi connectivity index (χ3n) is 6.04. The number of ketones is 1. The topological polar surface area (TPSA) is 70.1 Å². The number of aliphatic hydroxyl groups excluding tert-OH is 1. The molecule has 6 nitrogen and oxygen atoms in total. The Balaban J connectivity index is 1.70. The van der Waals surface area contributed by atoms with Gasteiger partial charge in [-0.05, 0) is 54.1 Å². The van der Waals surface area contributed by atoms with Crippen LogP contribution in [-0.2, 0) is 9.59 Å². The van der Waals surface area contributed by atoms with Gasteiger partial charge in [0.2, 0.25) is 0 Å². The summed E-state index contributed by atoms with van der Waals surface area (Å²) in [4.78, 5) is 29.4. The number of benzene rings is 3. The van der Waals surface area contributed by atoms with Crippen molar-refractivity contribution in [2.45, 2.75) is 6.04 Å². The van der Waals surface area contributed by atoms with Crippen molar-refractivity contribution >= 4 is 28.8 Å². The van der Waals surface area contributed by atoms with E-state index in [1.165, 1.54) is 42.5 Å². The zero-order valence-electron chi connectivity index (χ0n) is 18.2. The number of fused-ring (bicyclic) bond motifs is 1. The number of amides is 1. The molecule has 2 aliphatic rings. The van der Waals surface area contributed by atoms with E-state index in [1.54, 1.807) is 18.2 Å². The number of nitrogens with zero attached hydrogens (tertiary/aromatic N) is 2. The van der Waals surface area contributed by atoms with Crippen LogP contribution >= 0.6 is 0 Å². The van der Waals surface area contributed by atoms with Gasteiger partial charge in [-0.3, -0.25) is 14.5 Å². The lowest BCUT2D eigenvalue weighted by Crippen LogP contribution is -2.29. The Morgan fingerprint density at radius 2 is 1.76 bits per heavy atom. The molecule has 0 radical (unpaired) electrons. The average molecular weight is 462 g/mol. The fourth-order valence-electron chi connectivity index (χ4n) is 4.34. The van der Waals surface area contributed by atoms with E-state index in [0.717, 1.165) is 16.7 Å². The minimum atomic E-state index is -1.08. The molecule has 1 unspecified atom stereocenters. The summed E-state index contributed by atoms with van der Waals surface area (Å²) in [5.41, 5.74) is 1.42. The summed E-state index contributed by atoms with van der Waals surface area (Å²) in [5.74, 6) is -2.66. The molecule has 2 aliphatic heterocycles. The summed E-state index contributed by atoms with van der Waals surface area (Å²) in [5, 5.41) is 11.3. The Hall–Kier alpha value is -4.20. The third-order valence-corrected chi connectivity index (χ3v) is 6.04. The van der Waals surface area contributed by atoms with Crippen molar-refractivity contribution in [3.63, 3.8) is 0 Å². The van der Waals surface area contributed by atoms with Crippen LogP contribution in [0.3, 0.4) is 0 Å². The molecule has 34 heavy (non-hydrogen) atoms. The molecule has 1 fully saturated rings. The minimum absolute atomic E-state index is 0.147. The Morgan fingerprint density at radius 3 is 2.50 bits per heavy atom. The first kappa shape index (κ1) is 21.6. The molecule has 0 saturated carbocycles. The Kier molecular flexibility index (Phi) is 5.28. The largest absolute Gasteiger partial charge is 0.507 e. The molecule has 1 saturated heterocycles. The fraction of sp³-hybridized carbons (Fsp3) is 0.154. The van der Waals surface area contributed by atoms with Crippen LogP contribution in [0.25, 0.3) is 5.76 Å². The van der Waals surface area contributed by atoms with Crippen molar-refractivity contribution in [3.05, 3.63) is 95.1 Å². The number of aliphatic hydroxyl groups is 1. The predicted octanol–water partition coefficient (Wildman–Crippen LogP) is 4.42. The molecule has 0 bridgehead atoms. The van der Waals surface area contributed by atoms with Gasteiger partial charge in [-0.2, -0.15) is 0 Å². The van der Waals surface area contributed by atoms with E-state index in [0.29, 0.717) is 30.0 Å². The van der Waals surface area contributed by atoms with Gasteiger partial charge in [0.05, 0.1) is 23.8 Å². The molecule has 0 aromatic heterocycles. The van der Waals surface area contributed by atoms with Gasteiger partial charge in [-0.1, -0.05) is 18.2 Å². The summed E-state index contributed by atoms with van der Waals surface area (Å²) in [7, 11) is 1.88. The summed E-state index contributed by atoms with van der Waals surface area (Å²) in [6.45, 7) is 1.18. The normalized spacial score (nSPS) is 19.2. The van der Waals surface area contributed by atoms with Gasteiger partial charge >= 0.3 is 0 Å². The molecule has 3 aromatic carbocycles. The van der Waals surface area contributed by atoms with Gasteiger partial charge in [0.25, 0.3) is 11.7 Å². The maximum Gasteiger partial charge on any atom is 0.300 e. The number of carbonyl (C=O) groups is 2. The van der Waals surface area contributed by atoms with Crippen LogP contribution in [0.5, 0.6) is 5.75 Å². The van der Waals surface area contributed by atoms with Gasteiger partial charge in [0.15, 0.2) is 0 Å². The van der Waals surface area contributed by atoms with E-state index in [-0.39, 0.29) is 17.0 Å². The molecular weight excluding hydrogens is 442 g/mol. The van der Waals surface area contributed by atoms with E-state index in [9.17, 15) is 23.5 Å². The molecule has 172 valence electrons. The van der Waals surface area contributed by atoms with E-state index < -0.39 is 29.4 Å². The second-order valence-electron chi connectivity index (χ2n) is 8.15. The molecule has 2 heterocycles. The van der Waals surface area contributed by atoms with Crippen molar-refractivity contribution in [3.8, 4) is 5.75 Å². The average Bonchev–Trinajstić information content (AvgIpc) is 3.09. The number of carbonyl (C=O) groups excluding carboxylic acids is 2. The molecule has 1 N–H and O–H groups in total. The van der Waals surface area contributed by atoms with Gasteiger partial charge in [0, 0.05) is 18.3 Å². The van der Waals surface area contributed by atoms with Crippen LogP contribution in [-0.4, -0.2) is 37.0 Å². The SMILES string of the molecule is CN1CCOc2ccc(/C(O)=C3/C(=O)C(=O)N(c4cccc(F)c4)C3c3ccc(F)cc3)cc21. The van der Waals surface area contributed by atoms with Crippen molar-refractivity contribution in [1.29, 1.82) is 0 Å². The quantitative estimate of drug-likeness (QED) is 0.355. The molecule has 1 amide bonds. The van der Waals surface area contributed by atoms with Crippen molar-refractivity contribution < 1.29 is 28.2 Å². The van der Waals surface area contributed by atoms with E-state index in [4.69, 9.17) is 4.74 Å². The highest BCUT2D eigenvalue weighted by Gasteiger charge is 2.47. The lowest BCUT2D eigenvalue weighted by Gasteiger charge is -2.28. The second-order valence-corrected chi connectivity index (χ2v) is 8.15. The third kappa shape index (κ3) is 3.57. The summed E-state index contributed by atoms with van der Waals surface area (Å²) in [6, 6.07) is 14.4. The zero-order chi connectivity index (χ0) is 24.0. The molecule has 5 rings (SSSR count). The van der Waals surface area contributed by atoms with E-state index in [2.05, 4.69) is 0 Å². The van der Waals surface area contributed by atoms with E-state index in [1.807, 2.05) is 11.9 Å². The Bertz CT molecular complexity index is 1340. The van der Waals surface area contributed by atoms with Crippen LogP contribution in [0.1, 0.15) is 17.2 Å². The summed E-state index contributed by atoms with van der Waals surface area (Å²) in [6.07, 6.45) is 0.